The number of hydrogen-bond donors (Lipinski definition) is 0. The van der Waals surface area contributed by atoms with Crippen LogP contribution in [0.5, 0.6) is 0 Å². The van der Waals surface area contributed by atoms with E-state index in [0.29, 0.717) is 0 Å². The molecule has 74 valence electrons. The van der Waals surface area contributed by atoms with E-state index < -0.39 is 0 Å². The Morgan fingerprint density at radius 3 is 2.71 bits per heavy atom. The van der Waals surface area contributed by atoms with Crippen molar-refractivity contribution in [2.75, 3.05) is 6.54 Å². The van der Waals surface area contributed by atoms with Gasteiger partial charge in [0.05, 0.1) is 11.4 Å². The van der Waals surface area contributed by atoms with E-state index in [1.807, 2.05) is 31.3 Å². The lowest BCUT2D eigenvalue weighted by molar-refractivity contribution is 1.13. The SMILES string of the molecule is CCN=Cc1cccc(C=C(C)C)n1. The largest absolute Gasteiger partial charge is 0.291 e. The first-order valence-corrected chi connectivity index (χ1v) is 4.84. The fraction of sp³-hybridized carbons (Fsp3) is 0.333. The first kappa shape index (κ1) is 10.6. The maximum atomic E-state index is 4.42. The van der Waals surface area contributed by atoms with Crippen molar-refractivity contribution >= 4 is 12.3 Å². The van der Waals surface area contributed by atoms with Gasteiger partial charge in [-0.15, -0.1) is 0 Å². The van der Waals surface area contributed by atoms with Gasteiger partial charge in [0, 0.05) is 12.8 Å². The first-order chi connectivity index (χ1) is 6.72. The second-order valence-electron chi connectivity index (χ2n) is 3.34. The van der Waals surface area contributed by atoms with E-state index in [9.17, 15) is 0 Å². The maximum Gasteiger partial charge on any atom is 0.0815 e. The van der Waals surface area contributed by atoms with E-state index in [4.69, 9.17) is 0 Å². The Balaban J connectivity index is 2.89. The summed E-state index contributed by atoms with van der Waals surface area (Å²) in [6.07, 6.45) is 3.87. The smallest absolute Gasteiger partial charge is 0.0815 e. The van der Waals surface area contributed by atoms with Crippen LogP contribution in [0.4, 0.5) is 0 Å². The molecule has 0 radical (unpaired) electrons. The van der Waals surface area contributed by atoms with Crippen LogP contribution < -0.4 is 0 Å². The van der Waals surface area contributed by atoms with Gasteiger partial charge in [-0.3, -0.25) is 4.99 Å². The molecule has 2 nitrogen and oxygen atoms in total. The lowest BCUT2D eigenvalue weighted by Crippen LogP contribution is -1.90. The topological polar surface area (TPSA) is 25.2 Å². The molecule has 0 saturated heterocycles. The Kier molecular flexibility index (Phi) is 4.05. The summed E-state index contributed by atoms with van der Waals surface area (Å²) in [7, 11) is 0. The van der Waals surface area contributed by atoms with Crippen LogP contribution in [0.3, 0.4) is 0 Å². The van der Waals surface area contributed by atoms with E-state index in [2.05, 4.69) is 29.9 Å². The van der Waals surface area contributed by atoms with Gasteiger partial charge in [-0.2, -0.15) is 0 Å². The normalized spacial score (nSPS) is 10.5. The second kappa shape index (κ2) is 5.32. The fourth-order valence-electron chi connectivity index (χ4n) is 1.10. The Labute approximate surface area is 85.4 Å². The Bertz CT molecular complexity index is 347. The summed E-state index contributed by atoms with van der Waals surface area (Å²) in [6, 6.07) is 5.95. The zero-order chi connectivity index (χ0) is 10.4. The van der Waals surface area contributed by atoms with E-state index in [0.717, 1.165) is 17.9 Å². The van der Waals surface area contributed by atoms with Crippen molar-refractivity contribution in [2.24, 2.45) is 4.99 Å². The van der Waals surface area contributed by atoms with Gasteiger partial charge in [0.2, 0.25) is 0 Å². The van der Waals surface area contributed by atoms with Gasteiger partial charge < -0.3 is 0 Å². The Morgan fingerprint density at radius 1 is 1.36 bits per heavy atom. The summed E-state index contributed by atoms with van der Waals surface area (Å²) in [5.41, 5.74) is 3.16. The highest BCUT2D eigenvalue weighted by molar-refractivity contribution is 5.77. The van der Waals surface area contributed by atoms with Crippen molar-refractivity contribution < 1.29 is 0 Å². The zero-order valence-corrected chi connectivity index (χ0v) is 8.99. The summed E-state index contributed by atoms with van der Waals surface area (Å²) >= 11 is 0. The van der Waals surface area contributed by atoms with Gasteiger partial charge in [-0.25, -0.2) is 4.98 Å². The van der Waals surface area contributed by atoms with Crippen molar-refractivity contribution in [3.05, 3.63) is 35.2 Å². The molecule has 14 heavy (non-hydrogen) atoms. The Morgan fingerprint density at radius 2 is 2.07 bits per heavy atom. The molecule has 2 heteroatoms. The fourth-order valence-corrected chi connectivity index (χ4v) is 1.10. The molecular weight excluding hydrogens is 172 g/mol. The minimum Gasteiger partial charge on any atom is -0.291 e. The molecule has 0 saturated carbocycles. The molecule has 1 aromatic heterocycles. The predicted molar refractivity (Wildman–Crippen MR) is 61.7 cm³/mol. The molecule has 0 amide bonds. The lowest BCUT2D eigenvalue weighted by Gasteiger charge is -1.96. The van der Waals surface area contributed by atoms with Crippen molar-refractivity contribution in [2.45, 2.75) is 20.8 Å². The van der Waals surface area contributed by atoms with Crippen LogP contribution in [0.25, 0.3) is 6.08 Å². The highest BCUT2D eigenvalue weighted by Gasteiger charge is 1.91. The lowest BCUT2D eigenvalue weighted by atomic mass is 10.2. The van der Waals surface area contributed by atoms with Crippen molar-refractivity contribution in [1.29, 1.82) is 0 Å². The van der Waals surface area contributed by atoms with Gasteiger partial charge in [0.25, 0.3) is 0 Å². The van der Waals surface area contributed by atoms with E-state index in [1.54, 1.807) is 0 Å². The number of rotatable bonds is 3. The minimum atomic E-state index is 0.800. The van der Waals surface area contributed by atoms with Crippen LogP contribution in [0.1, 0.15) is 32.2 Å². The molecule has 0 N–H and O–H groups in total. The average Bonchev–Trinajstić information content (AvgIpc) is 2.14. The van der Waals surface area contributed by atoms with Crippen molar-refractivity contribution in [3.63, 3.8) is 0 Å². The molecule has 1 heterocycles. The Hall–Kier alpha value is -1.44. The molecule has 0 fully saturated rings. The third-order valence-corrected chi connectivity index (χ3v) is 1.63. The number of aromatic nitrogens is 1. The summed E-state index contributed by atoms with van der Waals surface area (Å²) < 4.78 is 0. The molecule has 0 unspecified atom stereocenters. The zero-order valence-electron chi connectivity index (χ0n) is 8.99. The van der Waals surface area contributed by atoms with Crippen LogP contribution in [-0.2, 0) is 0 Å². The van der Waals surface area contributed by atoms with E-state index in [-0.39, 0.29) is 0 Å². The number of hydrogen-bond acceptors (Lipinski definition) is 2. The van der Waals surface area contributed by atoms with Crippen LogP contribution in [0, 0.1) is 0 Å². The van der Waals surface area contributed by atoms with E-state index in [1.165, 1.54) is 5.57 Å². The van der Waals surface area contributed by atoms with Gasteiger partial charge >= 0.3 is 0 Å². The maximum absolute atomic E-state index is 4.42. The van der Waals surface area contributed by atoms with Crippen LogP contribution in [-0.4, -0.2) is 17.7 Å². The molecule has 1 aromatic rings. The van der Waals surface area contributed by atoms with Crippen LogP contribution in [0.15, 0.2) is 28.8 Å². The van der Waals surface area contributed by atoms with Crippen molar-refractivity contribution in [1.82, 2.24) is 4.98 Å². The molecule has 0 aromatic carbocycles. The van der Waals surface area contributed by atoms with Crippen molar-refractivity contribution in [3.8, 4) is 0 Å². The number of allylic oxidation sites excluding steroid dienone is 1. The molecular formula is C12H16N2. The minimum absolute atomic E-state index is 0.800. The summed E-state index contributed by atoms with van der Waals surface area (Å²) in [5, 5.41) is 0. The quantitative estimate of drug-likeness (QED) is 0.669. The average molecular weight is 188 g/mol. The number of pyridine rings is 1. The summed E-state index contributed by atoms with van der Waals surface area (Å²) in [5.74, 6) is 0. The van der Waals surface area contributed by atoms with Gasteiger partial charge in [-0.05, 0) is 39.0 Å². The molecule has 1 rings (SSSR count). The third kappa shape index (κ3) is 3.52. The molecule has 0 aliphatic heterocycles. The third-order valence-electron chi connectivity index (χ3n) is 1.63. The number of nitrogens with zero attached hydrogens (tertiary/aromatic N) is 2. The molecule has 0 atom stereocenters. The highest BCUT2D eigenvalue weighted by atomic mass is 14.8. The van der Waals surface area contributed by atoms with Gasteiger partial charge in [0.15, 0.2) is 0 Å². The molecule has 0 aliphatic rings. The predicted octanol–water partition coefficient (Wildman–Crippen LogP) is 2.94. The molecule has 0 aliphatic carbocycles. The molecule has 0 spiro atoms. The highest BCUT2D eigenvalue weighted by Crippen LogP contribution is 2.03. The first-order valence-electron chi connectivity index (χ1n) is 4.84. The van der Waals surface area contributed by atoms with E-state index >= 15 is 0 Å². The standard InChI is InChI=1S/C12H16N2/c1-4-13-9-12-7-5-6-11(14-12)8-10(2)3/h5-9H,4H2,1-3H3. The summed E-state index contributed by atoms with van der Waals surface area (Å²) in [4.78, 5) is 8.58. The van der Waals surface area contributed by atoms with Crippen LogP contribution >= 0.6 is 0 Å². The van der Waals surface area contributed by atoms with Gasteiger partial charge in [-0.1, -0.05) is 11.6 Å². The van der Waals surface area contributed by atoms with Gasteiger partial charge in [0.1, 0.15) is 0 Å². The van der Waals surface area contributed by atoms with Crippen LogP contribution in [0.2, 0.25) is 0 Å². The summed E-state index contributed by atoms with van der Waals surface area (Å²) in [6.45, 7) is 6.94. The second-order valence-corrected chi connectivity index (χ2v) is 3.34. The monoisotopic (exact) mass is 188 g/mol. The number of aliphatic imine (C=N–C) groups is 1. The molecule has 0 bridgehead atoms.